The Labute approximate surface area is 194 Å². The molecule has 0 aromatic heterocycles. The summed E-state index contributed by atoms with van der Waals surface area (Å²) in [5.74, 6) is -0.899. The number of carbonyl (C=O) groups is 1. The molecule has 0 unspecified atom stereocenters. The molecule has 178 valence electrons. The fraction of sp³-hybridized carbons (Fsp3) is 0.136. The summed E-state index contributed by atoms with van der Waals surface area (Å²) in [6, 6.07) is 13.7. The average molecular weight is 489 g/mol. The Kier molecular flexibility index (Phi) is 7.31. The molecular weight excluding hydrogens is 469 g/mol. The lowest BCUT2D eigenvalue weighted by Gasteiger charge is -2.24. The lowest BCUT2D eigenvalue weighted by Crippen LogP contribution is -2.38. The van der Waals surface area contributed by atoms with E-state index in [0.717, 1.165) is 22.5 Å². The molecule has 0 aliphatic rings. The molecule has 10 nitrogen and oxygen atoms in total. The normalized spacial score (nSPS) is 10.9. The van der Waals surface area contributed by atoms with Crippen LogP contribution in [-0.2, 0) is 14.8 Å². The van der Waals surface area contributed by atoms with Crippen LogP contribution in [0.5, 0.6) is 11.5 Å². The van der Waals surface area contributed by atoms with Gasteiger partial charge in [-0.3, -0.25) is 19.2 Å². The monoisotopic (exact) mass is 489 g/mol. The number of hydrogen-bond donors (Lipinski definition) is 1. The summed E-state index contributed by atoms with van der Waals surface area (Å²) in [7, 11) is -1.58. The number of methoxy groups -OCH3 is 2. The maximum atomic E-state index is 13.5. The third kappa shape index (κ3) is 5.41. The first-order valence-corrected chi connectivity index (χ1v) is 11.1. The van der Waals surface area contributed by atoms with Crippen LogP contribution in [0.3, 0.4) is 0 Å². The number of nitro benzene ring substituents is 1. The molecule has 0 bridgehead atoms. The van der Waals surface area contributed by atoms with E-state index in [1.54, 1.807) is 0 Å². The van der Waals surface area contributed by atoms with Crippen molar-refractivity contribution in [2.75, 3.05) is 30.4 Å². The first-order valence-electron chi connectivity index (χ1n) is 9.70. The van der Waals surface area contributed by atoms with Gasteiger partial charge in [0.05, 0.1) is 29.7 Å². The largest absolute Gasteiger partial charge is 0.493 e. The van der Waals surface area contributed by atoms with Crippen LogP contribution in [0.2, 0.25) is 0 Å². The minimum Gasteiger partial charge on any atom is -0.493 e. The van der Waals surface area contributed by atoms with Crippen molar-refractivity contribution in [3.05, 3.63) is 82.7 Å². The van der Waals surface area contributed by atoms with Gasteiger partial charge in [0, 0.05) is 23.9 Å². The molecule has 0 saturated carbocycles. The molecule has 34 heavy (non-hydrogen) atoms. The van der Waals surface area contributed by atoms with Gasteiger partial charge in [0.15, 0.2) is 11.5 Å². The van der Waals surface area contributed by atoms with Crippen molar-refractivity contribution >= 4 is 33.0 Å². The Morgan fingerprint density at radius 3 is 2.32 bits per heavy atom. The number of benzene rings is 3. The number of hydrogen-bond acceptors (Lipinski definition) is 7. The SMILES string of the molecule is COc1ccc(S(=O)(=O)N(CC(=O)Nc2cccc([N+](=O)[O-])c2)c2ccc(F)cc2)cc1OC. The number of carbonyl (C=O) groups excluding carboxylic acids is 1. The Balaban J connectivity index is 1.97. The molecule has 1 amide bonds. The number of rotatable bonds is 9. The van der Waals surface area contributed by atoms with Gasteiger partial charge in [-0.2, -0.15) is 0 Å². The fourth-order valence-corrected chi connectivity index (χ4v) is 4.49. The average Bonchev–Trinajstić information content (AvgIpc) is 2.82. The van der Waals surface area contributed by atoms with Crippen molar-refractivity contribution in [3.8, 4) is 11.5 Å². The number of nitrogens with zero attached hydrogens (tertiary/aromatic N) is 2. The van der Waals surface area contributed by atoms with E-state index in [2.05, 4.69) is 5.32 Å². The zero-order valence-electron chi connectivity index (χ0n) is 18.1. The summed E-state index contributed by atoms with van der Waals surface area (Å²) in [5.41, 5.74) is -0.0988. The molecule has 0 atom stereocenters. The number of ether oxygens (including phenoxy) is 2. The highest BCUT2D eigenvalue weighted by molar-refractivity contribution is 7.92. The number of nitrogens with one attached hydrogen (secondary N) is 1. The van der Waals surface area contributed by atoms with Crippen LogP contribution in [-0.4, -0.2) is 40.0 Å². The number of sulfonamides is 1. The van der Waals surface area contributed by atoms with E-state index in [1.807, 2.05) is 0 Å². The van der Waals surface area contributed by atoms with E-state index in [1.165, 1.54) is 62.8 Å². The lowest BCUT2D eigenvalue weighted by molar-refractivity contribution is -0.384. The maximum Gasteiger partial charge on any atom is 0.271 e. The molecule has 0 aliphatic carbocycles. The molecule has 0 fully saturated rings. The maximum absolute atomic E-state index is 13.5. The van der Waals surface area contributed by atoms with E-state index in [0.29, 0.717) is 5.75 Å². The first-order chi connectivity index (χ1) is 16.1. The Morgan fingerprint density at radius 2 is 1.71 bits per heavy atom. The summed E-state index contributed by atoms with van der Waals surface area (Å²) in [5, 5.41) is 13.4. The van der Waals surface area contributed by atoms with Gasteiger partial charge in [0.25, 0.3) is 15.7 Å². The van der Waals surface area contributed by atoms with Gasteiger partial charge in [0.2, 0.25) is 5.91 Å². The second-order valence-electron chi connectivity index (χ2n) is 6.86. The van der Waals surface area contributed by atoms with Gasteiger partial charge in [-0.1, -0.05) is 6.07 Å². The second-order valence-corrected chi connectivity index (χ2v) is 8.72. The van der Waals surface area contributed by atoms with Gasteiger partial charge in [-0.15, -0.1) is 0 Å². The topological polar surface area (TPSA) is 128 Å². The molecule has 0 heterocycles. The van der Waals surface area contributed by atoms with Gasteiger partial charge in [0.1, 0.15) is 12.4 Å². The molecule has 3 rings (SSSR count). The molecule has 0 radical (unpaired) electrons. The highest BCUT2D eigenvalue weighted by atomic mass is 32.2. The Morgan fingerprint density at radius 1 is 1.03 bits per heavy atom. The fourth-order valence-electron chi connectivity index (χ4n) is 3.05. The van der Waals surface area contributed by atoms with Crippen LogP contribution >= 0.6 is 0 Å². The van der Waals surface area contributed by atoms with Crippen LogP contribution in [0.1, 0.15) is 0 Å². The molecule has 1 N–H and O–H groups in total. The van der Waals surface area contributed by atoms with Crippen molar-refractivity contribution in [1.82, 2.24) is 0 Å². The number of nitro groups is 1. The number of halogens is 1. The summed E-state index contributed by atoms with van der Waals surface area (Å²) in [4.78, 5) is 22.9. The van der Waals surface area contributed by atoms with Crippen molar-refractivity contribution in [1.29, 1.82) is 0 Å². The quantitative estimate of drug-likeness (QED) is 0.359. The van der Waals surface area contributed by atoms with E-state index in [4.69, 9.17) is 9.47 Å². The van der Waals surface area contributed by atoms with Gasteiger partial charge in [-0.05, 0) is 42.5 Å². The highest BCUT2D eigenvalue weighted by Gasteiger charge is 2.28. The van der Waals surface area contributed by atoms with Crippen LogP contribution in [0.4, 0.5) is 21.5 Å². The van der Waals surface area contributed by atoms with E-state index >= 15 is 0 Å². The van der Waals surface area contributed by atoms with Crippen molar-refractivity contribution in [2.45, 2.75) is 4.90 Å². The van der Waals surface area contributed by atoms with E-state index in [9.17, 15) is 27.7 Å². The summed E-state index contributed by atoms with van der Waals surface area (Å²) < 4.78 is 51.5. The first kappa shape index (κ1) is 24.5. The predicted octanol–water partition coefficient (Wildman–Crippen LogP) is 3.59. The molecular formula is C22H20FN3O7S. The van der Waals surface area contributed by atoms with Crippen LogP contribution in [0.25, 0.3) is 0 Å². The standard InChI is InChI=1S/C22H20FN3O7S/c1-32-20-11-10-19(13-21(20)33-2)34(30,31)25(17-8-6-15(23)7-9-17)14-22(27)24-16-4-3-5-18(12-16)26(28)29/h3-13H,14H2,1-2H3,(H,24,27). The van der Waals surface area contributed by atoms with Crippen molar-refractivity contribution in [2.24, 2.45) is 0 Å². The smallest absolute Gasteiger partial charge is 0.271 e. The molecule has 12 heteroatoms. The lowest BCUT2D eigenvalue weighted by atomic mass is 10.3. The zero-order valence-corrected chi connectivity index (χ0v) is 18.9. The number of anilines is 2. The van der Waals surface area contributed by atoms with Gasteiger partial charge in [-0.25, -0.2) is 12.8 Å². The van der Waals surface area contributed by atoms with Crippen molar-refractivity contribution < 1.29 is 32.0 Å². The Hall–Kier alpha value is -4.19. The number of amides is 1. The van der Waals surface area contributed by atoms with Crippen LogP contribution in [0, 0.1) is 15.9 Å². The van der Waals surface area contributed by atoms with Crippen LogP contribution < -0.4 is 19.1 Å². The molecule has 0 aliphatic heterocycles. The zero-order chi connectivity index (χ0) is 24.9. The molecule has 0 saturated heterocycles. The van der Waals surface area contributed by atoms with Crippen molar-refractivity contribution in [3.63, 3.8) is 0 Å². The number of non-ortho nitro benzene ring substituents is 1. The molecule has 0 spiro atoms. The van der Waals surface area contributed by atoms with E-state index < -0.39 is 33.2 Å². The summed E-state index contributed by atoms with van der Waals surface area (Å²) in [6.07, 6.45) is 0. The third-order valence-corrected chi connectivity index (χ3v) is 6.46. The van der Waals surface area contributed by atoms with Gasteiger partial charge < -0.3 is 14.8 Å². The summed E-state index contributed by atoms with van der Waals surface area (Å²) in [6.45, 7) is -0.689. The Bertz CT molecular complexity index is 1310. The van der Waals surface area contributed by atoms with Crippen LogP contribution in [0.15, 0.2) is 71.6 Å². The minimum atomic E-state index is -4.33. The third-order valence-electron chi connectivity index (χ3n) is 4.69. The second kappa shape index (κ2) is 10.2. The van der Waals surface area contributed by atoms with E-state index in [-0.39, 0.29) is 27.7 Å². The minimum absolute atomic E-state index is 0.0328. The molecule has 3 aromatic rings. The van der Waals surface area contributed by atoms with Gasteiger partial charge >= 0.3 is 0 Å². The summed E-state index contributed by atoms with van der Waals surface area (Å²) >= 11 is 0. The molecule has 3 aromatic carbocycles. The highest BCUT2D eigenvalue weighted by Crippen LogP contribution is 2.32. The predicted molar refractivity (Wildman–Crippen MR) is 122 cm³/mol.